The van der Waals surface area contributed by atoms with Gasteiger partial charge in [0, 0.05) is 96.6 Å². The van der Waals surface area contributed by atoms with E-state index in [0.29, 0.717) is 72.0 Å². The van der Waals surface area contributed by atoms with Crippen LogP contribution in [-0.2, 0) is 26.3 Å². The molecule has 6 heterocycles. The van der Waals surface area contributed by atoms with Crippen LogP contribution in [0.3, 0.4) is 0 Å². The number of halogens is 2. The molecule has 6 atom stereocenters. The first-order valence-corrected chi connectivity index (χ1v) is 23.5. The van der Waals surface area contributed by atoms with Gasteiger partial charge in [0.1, 0.15) is 17.6 Å². The van der Waals surface area contributed by atoms with Crippen molar-refractivity contribution >= 4 is 52.5 Å². The van der Waals surface area contributed by atoms with Crippen molar-refractivity contribution in [3.63, 3.8) is 0 Å². The van der Waals surface area contributed by atoms with Crippen molar-refractivity contribution in [2.45, 2.75) is 95.3 Å². The number of carbonyl (C=O) groups is 5. The van der Waals surface area contributed by atoms with Gasteiger partial charge in [-0.1, -0.05) is 62.4 Å². The summed E-state index contributed by atoms with van der Waals surface area (Å²) in [5.41, 5.74) is 3.70. The summed E-state index contributed by atoms with van der Waals surface area (Å²) < 4.78 is 27.6. The number of nitrogens with zero attached hydrogens (tertiary/aromatic N) is 3. The number of ether oxygens (including phenoxy) is 2. The van der Waals surface area contributed by atoms with E-state index in [1.165, 1.54) is 18.1 Å². The molecule has 68 heavy (non-hydrogen) atoms. The second kappa shape index (κ2) is 18.5. The number of rotatable bonds is 9. The Bertz CT molecular complexity index is 2790. The average Bonchev–Trinajstić information content (AvgIpc) is 3.97. The van der Waals surface area contributed by atoms with Crippen molar-refractivity contribution in [3.05, 3.63) is 111 Å². The number of imide groups is 1. The van der Waals surface area contributed by atoms with Crippen LogP contribution < -0.4 is 30.7 Å². The number of amides is 5. The van der Waals surface area contributed by atoms with Crippen LogP contribution in [0, 0.1) is 29.0 Å². The van der Waals surface area contributed by atoms with Crippen molar-refractivity contribution in [1.82, 2.24) is 25.4 Å². The van der Waals surface area contributed by atoms with Crippen LogP contribution in [-0.4, -0.2) is 96.3 Å². The van der Waals surface area contributed by atoms with Gasteiger partial charge in [0.25, 0.3) is 11.8 Å². The lowest BCUT2D eigenvalue weighted by molar-refractivity contribution is -0.137. The summed E-state index contributed by atoms with van der Waals surface area (Å²) in [6.07, 6.45) is 5.10. The van der Waals surface area contributed by atoms with Crippen molar-refractivity contribution in [2.24, 2.45) is 11.3 Å². The Morgan fingerprint density at radius 3 is 2.62 bits per heavy atom. The summed E-state index contributed by atoms with van der Waals surface area (Å²) in [5.74, 6) is 4.46. The third-order valence-corrected chi connectivity index (χ3v) is 14.5. The maximum absolute atomic E-state index is 16.4. The van der Waals surface area contributed by atoms with Crippen LogP contribution in [0.4, 0.5) is 15.8 Å². The van der Waals surface area contributed by atoms with E-state index in [4.69, 9.17) is 21.1 Å². The van der Waals surface area contributed by atoms with Crippen molar-refractivity contribution in [3.8, 4) is 23.5 Å². The lowest BCUT2D eigenvalue weighted by atomic mass is 9.63. The van der Waals surface area contributed by atoms with E-state index in [9.17, 15) is 24.0 Å². The van der Waals surface area contributed by atoms with Gasteiger partial charge in [0.05, 0.1) is 31.0 Å². The zero-order valence-corrected chi connectivity index (χ0v) is 39.5. The fraction of sp³-hybridized carbons (Fsp3) is 0.423. The van der Waals surface area contributed by atoms with Gasteiger partial charge < -0.3 is 35.2 Å². The first-order chi connectivity index (χ1) is 32.6. The SMILES string of the molecule is COc1cc2c(cn1)[C@@]1(CN2)[C@H](CC(C)(C)C)N[C@@H](C(=O)Nc2ccc(C(=O)N3CCC[C@@H](CC#Cc4cccc5c4CN([C@@H]4CCC(=O)NC4=O)C5=O)C3)cc2OC)[C@@H]1c1cccc(Cl)c1F. The van der Waals surface area contributed by atoms with E-state index in [2.05, 4.69) is 58.9 Å². The Kier molecular flexibility index (Phi) is 12.7. The molecule has 1 spiro atoms. The fourth-order valence-corrected chi connectivity index (χ4v) is 11.2. The van der Waals surface area contributed by atoms with E-state index in [1.807, 2.05) is 17.0 Å². The molecule has 5 aliphatic rings. The Balaban J connectivity index is 0.915. The summed E-state index contributed by atoms with van der Waals surface area (Å²) in [4.78, 5) is 74.4. The van der Waals surface area contributed by atoms with E-state index < -0.39 is 41.0 Å². The number of nitrogens with one attached hydrogen (secondary N) is 4. The first-order valence-electron chi connectivity index (χ1n) is 23.1. The largest absolute Gasteiger partial charge is 0.495 e. The number of benzene rings is 3. The topological polar surface area (TPSA) is 171 Å². The maximum atomic E-state index is 16.4. The molecule has 354 valence electrons. The quantitative estimate of drug-likeness (QED) is 0.103. The van der Waals surface area contributed by atoms with Crippen molar-refractivity contribution in [1.29, 1.82) is 0 Å². The molecule has 0 unspecified atom stereocenters. The molecule has 4 N–H and O–H groups in total. The minimum absolute atomic E-state index is 0.0413. The summed E-state index contributed by atoms with van der Waals surface area (Å²) in [6, 6.07) is 15.2. The van der Waals surface area contributed by atoms with Gasteiger partial charge in [-0.05, 0) is 84.5 Å². The van der Waals surface area contributed by atoms with E-state index in [1.54, 1.807) is 55.8 Å². The zero-order chi connectivity index (χ0) is 48.1. The molecule has 5 amide bonds. The third-order valence-electron chi connectivity index (χ3n) is 14.2. The van der Waals surface area contributed by atoms with Crippen molar-refractivity contribution < 1.29 is 37.8 Å². The predicted octanol–water partition coefficient (Wildman–Crippen LogP) is 6.81. The molecule has 14 nitrogen and oxygen atoms in total. The smallest absolute Gasteiger partial charge is 0.255 e. The second-order valence-corrected chi connectivity index (χ2v) is 20.1. The van der Waals surface area contributed by atoms with Crippen molar-refractivity contribution in [2.75, 3.05) is 44.5 Å². The molecule has 4 aromatic rings. The number of likely N-dealkylation sites (tertiary alicyclic amines) is 1. The molecular formula is C52H55ClFN7O7. The molecule has 0 saturated carbocycles. The Labute approximate surface area is 400 Å². The molecule has 0 radical (unpaired) electrons. The number of anilines is 2. The summed E-state index contributed by atoms with van der Waals surface area (Å²) in [5, 5.41) is 12.6. The molecule has 3 aromatic carbocycles. The number of hydrogen-bond donors (Lipinski definition) is 4. The third kappa shape index (κ3) is 8.64. The summed E-state index contributed by atoms with van der Waals surface area (Å²) >= 11 is 6.45. The van der Waals surface area contributed by atoms with Crippen LogP contribution in [0.15, 0.2) is 66.9 Å². The van der Waals surface area contributed by atoms with Gasteiger partial charge >= 0.3 is 0 Å². The number of pyridine rings is 1. The Morgan fingerprint density at radius 1 is 1.04 bits per heavy atom. The summed E-state index contributed by atoms with van der Waals surface area (Å²) in [7, 11) is 3.03. The Hall–Kier alpha value is -6.50. The van der Waals surface area contributed by atoms with Crippen LogP contribution in [0.5, 0.6) is 11.6 Å². The van der Waals surface area contributed by atoms with E-state index in [-0.39, 0.29) is 59.5 Å². The standard InChI is InChI=1S/C52H55ClFN7O7/c1-51(2,3)24-41-52(28-56-38-23-43(68-5)55-25-35(38)52)44(33-15-8-16-36(53)45(33)54)46(58-41)48(64)57-37-18-17-31(22-40(37)67-4)49(65)60-21-9-11-29(26-60)10-6-12-30-13-7-14-32-34(30)27-61(50(32)66)39-19-20-42(62)59-47(39)63/h7-8,13-18,22-23,25,29,39,41,44,46,56,58H,9-11,19-21,24,26-28H2,1-5H3,(H,57,64)(H,59,62,63)/t29-,39-,41+,44+,46-,52+/m1/s1. The molecule has 0 aliphatic carbocycles. The van der Waals surface area contributed by atoms with Crippen LogP contribution in [0.25, 0.3) is 0 Å². The normalized spacial score (nSPS) is 24.2. The van der Waals surface area contributed by atoms with Gasteiger partial charge in [-0.15, -0.1) is 0 Å². The van der Waals surface area contributed by atoms with Gasteiger partial charge in [-0.3, -0.25) is 29.3 Å². The average molecular weight is 945 g/mol. The number of fused-ring (bicyclic) bond motifs is 3. The van der Waals surface area contributed by atoms with Crippen LogP contribution in [0.1, 0.15) is 108 Å². The minimum Gasteiger partial charge on any atom is -0.495 e. The maximum Gasteiger partial charge on any atom is 0.255 e. The number of hydrogen-bond acceptors (Lipinski definition) is 10. The molecule has 5 aliphatic heterocycles. The Morgan fingerprint density at radius 2 is 1.85 bits per heavy atom. The van der Waals surface area contributed by atoms with Gasteiger partial charge in [-0.2, -0.15) is 0 Å². The highest BCUT2D eigenvalue weighted by molar-refractivity contribution is 6.30. The number of aromatic nitrogens is 1. The number of methoxy groups -OCH3 is 2. The highest BCUT2D eigenvalue weighted by Gasteiger charge is 2.62. The second-order valence-electron chi connectivity index (χ2n) is 19.6. The van der Waals surface area contributed by atoms with Gasteiger partial charge in [0.2, 0.25) is 23.6 Å². The first kappa shape index (κ1) is 46.6. The van der Waals surface area contributed by atoms with Gasteiger partial charge in [0.15, 0.2) is 0 Å². The van der Waals surface area contributed by atoms with Crippen LogP contribution >= 0.6 is 11.6 Å². The minimum atomic E-state index is -0.928. The lowest BCUT2D eigenvalue weighted by Gasteiger charge is -2.39. The fourth-order valence-electron chi connectivity index (χ4n) is 11.0. The lowest BCUT2D eigenvalue weighted by Crippen LogP contribution is -2.52. The van der Waals surface area contributed by atoms with E-state index >= 15 is 4.39 Å². The molecule has 3 saturated heterocycles. The molecule has 3 fully saturated rings. The molecule has 9 rings (SSSR count). The van der Waals surface area contributed by atoms with Crippen LogP contribution in [0.2, 0.25) is 5.02 Å². The highest BCUT2D eigenvalue weighted by atomic mass is 35.5. The summed E-state index contributed by atoms with van der Waals surface area (Å²) in [6.45, 7) is 8.11. The molecule has 16 heteroatoms. The number of carbonyl (C=O) groups excluding carboxylic acids is 5. The molecule has 0 bridgehead atoms. The molecule has 1 aromatic heterocycles. The predicted molar refractivity (Wildman–Crippen MR) is 254 cm³/mol. The zero-order valence-electron chi connectivity index (χ0n) is 38.8. The molecular weight excluding hydrogens is 889 g/mol. The highest BCUT2D eigenvalue weighted by Crippen LogP contribution is 2.56. The van der Waals surface area contributed by atoms with Gasteiger partial charge in [-0.25, -0.2) is 9.37 Å². The number of piperidine rings is 2. The van der Waals surface area contributed by atoms with E-state index in [0.717, 1.165) is 29.7 Å². The monoisotopic (exact) mass is 943 g/mol.